The van der Waals surface area contributed by atoms with Gasteiger partial charge in [-0.15, -0.1) is 0 Å². The Kier molecular flexibility index (Phi) is 3.30. The molecule has 0 radical (unpaired) electrons. The number of ether oxygens (including phenoxy) is 1. The Morgan fingerprint density at radius 2 is 1.78 bits per heavy atom. The molecule has 2 aliphatic heterocycles. The van der Waals surface area contributed by atoms with E-state index in [2.05, 4.69) is 10.6 Å². The first-order valence-electron chi connectivity index (χ1n) is 7.84. The third-order valence-electron chi connectivity index (χ3n) is 5.11. The van der Waals surface area contributed by atoms with Gasteiger partial charge in [0.2, 0.25) is 0 Å². The molecule has 4 atom stereocenters. The monoisotopic (exact) mass is 326 g/mol. The normalized spacial score (nSPS) is 34.5. The van der Waals surface area contributed by atoms with Crippen LogP contribution in [0.25, 0.3) is 0 Å². The highest BCUT2D eigenvalue weighted by Gasteiger charge is 2.52. The van der Waals surface area contributed by atoms with Crippen LogP contribution in [0.4, 0.5) is 23.7 Å². The molecule has 1 aromatic carbocycles. The lowest BCUT2D eigenvalue weighted by atomic mass is 9.65. The number of anilines is 1. The van der Waals surface area contributed by atoms with Crippen LogP contribution in [-0.4, -0.2) is 17.9 Å². The number of carbonyl (C=O) groups is 1. The van der Waals surface area contributed by atoms with Crippen LogP contribution < -0.4 is 10.6 Å². The molecule has 2 aliphatic carbocycles. The van der Waals surface area contributed by atoms with Crippen molar-refractivity contribution in [2.45, 2.75) is 43.9 Å². The zero-order valence-electron chi connectivity index (χ0n) is 12.4. The van der Waals surface area contributed by atoms with Gasteiger partial charge in [-0.2, -0.15) is 0 Å². The Balaban J connectivity index is 1.48. The Bertz CT molecular complexity index is 630. The van der Waals surface area contributed by atoms with Gasteiger partial charge in [-0.05, 0) is 56.1 Å². The van der Waals surface area contributed by atoms with Crippen LogP contribution in [0.1, 0.15) is 32.1 Å². The number of urea groups is 1. The SMILES string of the molecule is O=C(Nc1ccc(F)c(F)c1F)NC12CC3CC(C[C@H](C3)C1)O2. The molecule has 1 aromatic rings. The van der Waals surface area contributed by atoms with E-state index in [9.17, 15) is 18.0 Å². The van der Waals surface area contributed by atoms with Crippen LogP contribution in [0.15, 0.2) is 12.1 Å². The summed E-state index contributed by atoms with van der Waals surface area (Å²) in [5.41, 5.74) is -1.11. The van der Waals surface area contributed by atoms with Crippen LogP contribution in [-0.2, 0) is 4.74 Å². The lowest BCUT2D eigenvalue weighted by Gasteiger charge is -2.56. The van der Waals surface area contributed by atoms with E-state index in [1.807, 2.05) is 0 Å². The maximum atomic E-state index is 13.6. The van der Waals surface area contributed by atoms with E-state index in [0.29, 0.717) is 11.8 Å². The van der Waals surface area contributed by atoms with E-state index in [1.54, 1.807) is 0 Å². The van der Waals surface area contributed by atoms with Crippen molar-refractivity contribution in [1.29, 1.82) is 0 Å². The van der Waals surface area contributed by atoms with Crippen molar-refractivity contribution in [2.75, 3.05) is 5.32 Å². The number of hydrogen-bond acceptors (Lipinski definition) is 2. The van der Waals surface area contributed by atoms with Crippen LogP contribution in [0.5, 0.6) is 0 Å². The summed E-state index contributed by atoms with van der Waals surface area (Å²) in [6.07, 6.45) is 4.88. The summed E-state index contributed by atoms with van der Waals surface area (Å²) >= 11 is 0. The molecule has 2 saturated carbocycles. The topological polar surface area (TPSA) is 50.4 Å². The van der Waals surface area contributed by atoms with Gasteiger partial charge in [0.05, 0.1) is 11.8 Å². The summed E-state index contributed by atoms with van der Waals surface area (Å²) in [4.78, 5) is 12.2. The zero-order valence-corrected chi connectivity index (χ0v) is 12.4. The van der Waals surface area contributed by atoms with Crippen molar-refractivity contribution in [2.24, 2.45) is 11.8 Å². The van der Waals surface area contributed by atoms with Crippen molar-refractivity contribution < 1.29 is 22.7 Å². The molecular formula is C16H17F3N2O2. The lowest BCUT2D eigenvalue weighted by Crippen LogP contribution is -2.63. The first-order chi connectivity index (χ1) is 10.9. The summed E-state index contributed by atoms with van der Waals surface area (Å²) in [5, 5.41) is 5.02. The summed E-state index contributed by atoms with van der Waals surface area (Å²) in [6.45, 7) is 0. The first kappa shape index (κ1) is 14.8. The van der Waals surface area contributed by atoms with Gasteiger partial charge >= 0.3 is 6.03 Å². The van der Waals surface area contributed by atoms with Crippen molar-refractivity contribution in [3.63, 3.8) is 0 Å². The molecule has 5 rings (SSSR count). The largest absolute Gasteiger partial charge is 0.352 e. The fraction of sp³-hybridized carbons (Fsp3) is 0.562. The smallest absolute Gasteiger partial charge is 0.321 e. The van der Waals surface area contributed by atoms with Gasteiger partial charge in [0.15, 0.2) is 17.5 Å². The van der Waals surface area contributed by atoms with E-state index in [1.165, 1.54) is 6.42 Å². The van der Waals surface area contributed by atoms with Gasteiger partial charge in [0.25, 0.3) is 0 Å². The van der Waals surface area contributed by atoms with Gasteiger partial charge in [0.1, 0.15) is 5.72 Å². The second kappa shape index (κ2) is 5.12. The summed E-state index contributed by atoms with van der Waals surface area (Å²) in [6, 6.07) is 1.10. The van der Waals surface area contributed by atoms with Crippen molar-refractivity contribution in [3.05, 3.63) is 29.6 Å². The van der Waals surface area contributed by atoms with Crippen LogP contribution in [0, 0.1) is 29.3 Å². The maximum Gasteiger partial charge on any atom is 0.321 e. The van der Waals surface area contributed by atoms with E-state index in [4.69, 9.17) is 4.74 Å². The van der Waals surface area contributed by atoms with E-state index in [0.717, 1.165) is 37.8 Å². The summed E-state index contributed by atoms with van der Waals surface area (Å²) in [5.74, 6) is -3.22. The minimum Gasteiger partial charge on any atom is -0.352 e. The molecule has 7 heteroatoms. The number of nitrogens with one attached hydrogen (secondary N) is 2. The van der Waals surface area contributed by atoms with Crippen LogP contribution in [0.2, 0.25) is 0 Å². The maximum absolute atomic E-state index is 13.6. The quantitative estimate of drug-likeness (QED) is 0.817. The molecule has 4 nitrogen and oxygen atoms in total. The third-order valence-corrected chi connectivity index (χ3v) is 5.11. The molecule has 4 fully saturated rings. The highest BCUT2D eigenvalue weighted by molar-refractivity contribution is 5.89. The van der Waals surface area contributed by atoms with Gasteiger partial charge in [0, 0.05) is 0 Å². The molecule has 0 spiro atoms. The Morgan fingerprint density at radius 1 is 1.09 bits per heavy atom. The molecule has 4 aliphatic rings. The van der Waals surface area contributed by atoms with Crippen molar-refractivity contribution in [1.82, 2.24) is 5.32 Å². The van der Waals surface area contributed by atoms with Gasteiger partial charge in [-0.25, -0.2) is 18.0 Å². The predicted molar refractivity (Wildman–Crippen MR) is 76.1 cm³/mol. The zero-order chi connectivity index (χ0) is 16.2. The molecule has 4 bridgehead atoms. The number of benzene rings is 1. The Hall–Kier alpha value is -1.76. The van der Waals surface area contributed by atoms with E-state index < -0.39 is 34.9 Å². The summed E-state index contributed by atoms with van der Waals surface area (Å²) < 4.78 is 45.8. The van der Waals surface area contributed by atoms with Gasteiger partial charge < -0.3 is 15.4 Å². The molecule has 2 saturated heterocycles. The molecule has 23 heavy (non-hydrogen) atoms. The van der Waals surface area contributed by atoms with Crippen LogP contribution in [0.3, 0.4) is 0 Å². The van der Waals surface area contributed by atoms with Crippen LogP contribution >= 0.6 is 0 Å². The van der Waals surface area contributed by atoms with Gasteiger partial charge in [-0.3, -0.25) is 0 Å². The lowest BCUT2D eigenvalue weighted by molar-refractivity contribution is -0.227. The number of hydrogen-bond donors (Lipinski definition) is 2. The third kappa shape index (κ3) is 2.56. The number of amides is 2. The second-order valence-electron chi connectivity index (χ2n) is 6.88. The minimum atomic E-state index is -1.60. The Labute approximate surface area is 131 Å². The molecule has 0 aromatic heterocycles. The van der Waals surface area contributed by atoms with Crippen molar-refractivity contribution in [3.8, 4) is 0 Å². The number of rotatable bonds is 2. The number of carbonyl (C=O) groups excluding carboxylic acids is 1. The average Bonchev–Trinajstić information content (AvgIpc) is 2.46. The molecule has 2 amide bonds. The highest BCUT2D eigenvalue weighted by Crippen LogP contribution is 2.51. The van der Waals surface area contributed by atoms with E-state index >= 15 is 0 Å². The first-order valence-corrected chi connectivity index (χ1v) is 7.84. The molecular weight excluding hydrogens is 309 g/mol. The molecule has 124 valence electrons. The summed E-state index contributed by atoms with van der Waals surface area (Å²) in [7, 11) is 0. The standard InChI is InChI=1S/C16H17F3N2O2/c17-11-1-2-12(14(19)13(11)18)20-15(22)21-16-6-8-3-9(7-16)5-10(4-8)23-16/h1-2,8-10H,3-7H2,(H2,20,21,22)/t8-,9?,10?,16?/m0/s1. The predicted octanol–water partition coefficient (Wildman–Crippen LogP) is 3.53. The number of halogens is 3. The van der Waals surface area contributed by atoms with Crippen molar-refractivity contribution >= 4 is 11.7 Å². The fourth-order valence-electron chi connectivity index (χ4n) is 4.48. The average molecular weight is 326 g/mol. The molecule has 2 N–H and O–H groups in total. The fourth-order valence-corrected chi connectivity index (χ4v) is 4.48. The second-order valence-corrected chi connectivity index (χ2v) is 6.88. The minimum absolute atomic E-state index is 0.168. The Morgan fingerprint density at radius 3 is 2.43 bits per heavy atom. The highest BCUT2D eigenvalue weighted by atomic mass is 19.2. The molecule has 2 heterocycles. The van der Waals surface area contributed by atoms with E-state index in [-0.39, 0.29) is 6.10 Å². The molecule has 3 unspecified atom stereocenters. The van der Waals surface area contributed by atoms with Gasteiger partial charge in [-0.1, -0.05) is 0 Å².